The molecular weight excluding hydrogens is 186 g/mol. The van der Waals surface area contributed by atoms with Crippen molar-refractivity contribution in [2.75, 3.05) is 13.2 Å². The van der Waals surface area contributed by atoms with Crippen LogP contribution in [0.15, 0.2) is 29.8 Å². The third-order valence-corrected chi connectivity index (χ3v) is 2.26. The number of nitrogens with two attached hydrogens (primary N) is 1. The third-order valence-electron chi connectivity index (χ3n) is 2.26. The molecule has 0 atom stereocenters. The molecule has 0 heterocycles. The van der Waals surface area contributed by atoms with Crippen molar-refractivity contribution in [1.29, 1.82) is 0 Å². The molecule has 0 spiro atoms. The Bertz CT molecular complexity index is 325. The molecule has 0 bridgehead atoms. The summed E-state index contributed by atoms with van der Waals surface area (Å²) in [5.74, 6) is 0.915. The van der Waals surface area contributed by atoms with E-state index in [1.54, 1.807) is 0 Å². The first-order valence-electron chi connectivity index (χ1n) is 5.42. The van der Waals surface area contributed by atoms with Gasteiger partial charge in [0, 0.05) is 6.54 Å². The summed E-state index contributed by atoms with van der Waals surface area (Å²) < 4.78 is 5.43. The minimum Gasteiger partial charge on any atom is -0.494 e. The summed E-state index contributed by atoms with van der Waals surface area (Å²) in [5.41, 5.74) is 8.04. The monoisotopic (exact) mass is 205 g/mol. The summed E-state index contributed by atoms with van der Waals surface area (Å²) in [7, 11) is 0. The zero-order valence-electron chi connectivity index (χ0n) is 9.49. The van der Waals surface area contributed by atoms with Crippen LogP contribution < -0.4 is 10.5 Å². The molecule has 2 N–H and O–H groups in total. The molecule has 2 heteroatoms. The Morgan fingerprint density at radius 1 is 1.40 bits per heavy atom. The summed E-state index contributed by atoms with van der Waals surface area (Å²) in [6.45, 7) is 5.42. The van der Waals surface area contributed by atoms with Gasteiger partial charge in [-0.1, -0.05) is 30.7 Å². The zero-order chi connectivity index (χ0) is 11.1. The van der Waals surface area contributed by atoms with Gasteiger partial charge in [0.1, 0.15) is 5.75 Å². The van der Waals surface area contributed by atoms with Crippen molar-refractivity contribution in [3.63, 3.8) is 0 Å². The van der Waals surface area contributed by atoms with Crippen molar-refractivity contribution >= 4 is 6.08 Å². The molecule has 0 radical (unpaired) electrons. The number of benzene rings is 1. The Hall–Kier alpha value is -1.28. The van der Waals surface area contributed by atoms with E-state index in [0.717, 1.165) is 17.7 Å². The predicted octanol–water partition coefficient (Wildman–Crippen LogP) is 2.84. The fraction of sp³-hybridized carbons (Fsp3) is 0.385. The summed E-state index contributed by atoms with van der Waals surface area (Å²) in [5, 5.41) is 0. The lowest BCUT2D eigenvalue weighted by molar-refractivity contribution is 0.340. The molecule has 15 heavy (non-hydrogen) atoms. The van der Waals surface area contributed by atoms with Gasteiger partial charge < -0.3 is 10.5 Å². The second-order valence-corrected chi connectivity index (χ2v) is 3.37. The molecule has 0 saturated heterocycles. The van der Waals surface area contributed by atoms with Gasteiger partial charge in [0.15, 0.2) is 0 Å². The summed E-state index contributed by atoms with van der Waals surface area (Å²) in [6.07, 6.45) is 3.12. The molecule has 0 unspecified atom stereocenters. The third kappa shape index (κ3) is 3.76. The van der Waals surface area contributed by atoms with Gasteiger partial charge >= 0.3 is 0 Å². The highest BCUT2D eigenvalue weighted by molar-refractivity contribution is 5.55. The molecule has 1 aromatic rings. The first kappa shape index (κ1) is 11.8. The quantitative estimate of drug-likeness (QED) is 0.802. The van der Waals surface area contributed by atoms with Gasteiger partial charge in [0.25, 0.3) is 0 Å². The van der Waals surface area contributed by atoms with Crippen molar-refractivity contribution in [1.82, 2.24) is 0 Å². The number of rotatable bonds is 5. The zero-order valence-corrected chi connectivity index (χ0v) is 9.49. The van der Waals surface area contributed by atoms with Gasteiger partial charge in [-0.2, -0.15) is 0 Å². The standard InChI is InChI=1S/C13H19NO/c1-3-11(10-14)8-12-6-5-7-13(9-12)15-4-2/h5-9H,3-4,10,14H2,1-2H3. The maximum absolute atomic E-state index is 5.63. The van der Waals surface area contributed by atoms with Crippen LogP contribution in [0.1, 0.15) is 25.8 Å². The highest BCUT2D eigenvalue weighted by atomic mass is 16.5. The van der Waals surface area contributed by atoms with Crippen molar-refractivity contribution in [2.24, 2.45) is 5.73 Å². The average Bonchev–Trinajstić information content (AvgIpc) is 2.27. The molecule has 2 nitrogen and oxygen atoms in total. The predicted molar refractivity (Wildman–Crippen MR) is 64.9 cm³/mol. The van der Waals surface area contributed by atoms with Crippen LogP contribution in [0, 0.1) is 0 Å². The Kier molecular flexibility index (Phi) is 4.91. The van der Waals surface area contributed by atoms with Gasteiger partial charge in [0.2, 0.25) is 0 Å². The summed E-state index contributed by atoms with van der Waals surface area (Å²) >= 11 is 0. The largest absolute Gasteiger partial charge is 0.494 e. The molecule has 1 rings (SSSR count). The van der Waals surface area contributed by atoms with Gasteiger partial charge in [-0.05, 0) is 31.0 Å². The highest BCUT2D eigenvalue weighted by Gasteiger charge is 1.95. The average molecular weight is 205 g/mol. The van der Waals surface area contributed by atoms with Crippen molar-refractivity contribution in [3.05, 3.63) is 35.4 Å². The van der Waals surface area contributed by atoms with Crippen molar-refractivity contribution in [2.45, 2.75) is 20.3 Å². The normalized spacial score (nSPS) is 11.5. The van der Waals surface area contributed by atoms with Crippen LogP contribution in [0.2, 0.25) is 0 Å². The van der Waals surface area contributed by atoms with E-state index in [1.165, 1.54) is 5.57 Å². The van der Waals surface area contributed by atoms with E-state index in [4.69, 9.17) is 10.5 Å². The van der Waals surface area contributed by atoms with Crippen LogP contribution in [-0.4, -0.2) is 13.2 Å². The van der Waals surface area contributed by atoms with E-state index in [2.05, 4.69) is 19.1 Å². The van der Waals surface area contributed by atoms with E-state index < -0.39 is 0 Å². The Labute approximate surface area is 91.7 Å². The first-order chi connectivity index (χ1) is 7.30. The van der Waals surface area contributed by atoms with E-state index in [9.17, 15) is 0 Å². The molecule has 1 aromatic carbocycles. The van der Waals surface area contributed by atoms with Crippen LogP contribution >= 0.6 is 0 Å². The molecule has 0 fully saturated rings. The maximum atomic E-state index is 5.63. The van der Waals surface area contributed by atoms with E-state index in [0.29, 0.717) is 13.2 Å². The lowest BCUT2D eigenvalue weighted by atomic mass is 10.1. The molecule has 0 aliphatic rings. The van der Waals surface area contributed by atoms with Crippen LogP contribution in [-0.2, 0) is 0 Å². The second-order valence-electron chi connectivity index (χ2n) is 3.37. The minimum atomic E-state index is 0.620. The number of ether oxygens (including phenoxy) is 1. The van der Waals surface area contributed by atoms with Crippen LogP contribution in [0.5, 0.6) is 5.75 Å². The Morgan fingerprint density at radius 2 is 2.20 bits per heavy atom. The van der Waals surface area contributed by atoms with Crippen molar-refractivity contribution < 1.29 is 4.74 Å². The van der Waals surface area contributed by atoms with E-state index >= 15 is 0 Å². The smallest absolute Gasteiger partial charge is 0.119 e. The van der Waals surface area contributed by atoms with Gasteiger partial charge in [-0.3, -0.25) is 0 Å². The molecule has 0 saturated carbocycles. The molecular formula is C13H19NO. The van der Waals surface area contributed by atoms with E-state index in [-0.39, 0.29) is 0 Å². The van der Waals surface area contributed by atoms with Crippen LogP contribution in [0.3, 0.4) is 0 Å². The van der Waals surface area contributed by atoms with Gasteiger partial charge in [0.05, 0.1) is 6.61 Å². The SMILES string of the molecule is CCOc1cccc(C=C(CC)CN)c1. The minimum absolute atomic E-state index is 0.620. The van der Waals surface area contributed by atoms with E-state index in [1.807, 2.05) is 25.1 Å². The fourth-order valence-electron chi connectivity index (χ4n) is 1.40. The van der Waals surface area contributed by atoms with Crippen molar-refractivity contribution in [3.8, 4) is 5.75 Å². The second kappa shape index (κ2) is 6.25. The van der Waals surface area contributed by atoms with Gasteiger partial charge in [-0.15, -0.1) is 0 Å². The Morgan fingerprint density at radius 3 is 2.80 bits per heavy atom. The lowest BCUT2D eigenvalue weighted by Crippen LogP contribution is -2.01. The molecule has 0 aliphatic heterocycles. The molecule has 0 amide bonds. The Balaban J connectivity index is 2.85. The topological polar surface area (TPSA) is 35.2 Å². The lowest BCUT2D eigenvalue weighted by Gasteiger charge is -2.05. The molecule has 0 aliphatic carbocycles. The number of hydrogen-bond acceptors (Lipinski definition) is 2. The number of hydrogen-bond donors (Lipinski definition) is 1. The highest BCUT2D eigenvalue weighted by Crippen LogP contribution is 2.16. The fourth-order valence-corrected chi connectivity index (χ4v) is 1.40. The summed E-state index contributed by atoms with van der Waals surface area (Å²) in [4.78, 5) is 0. The maximum Gasteiger partial charge on any atom is 0.119 e. The molecule has 0 aromatic heterocycles. The van der Waals surface area contributed by atoms with Crippen LogP contribution in [0.4, 0.5) is 0 Å². The first-order valence-corrected chi connectivity index (χ1v) is 5.42. The molecule has 82 valence electrons. The van der Waals surface area contributed by atoms with Gasteiger partial charge in [-0.25, -0.2) is 0 Å². The van der Waals surface area contributed by atoms with Crippen LogP contribution in [0.25, 0.3) is 6.08 Å². The summed E-state index contributed by atoms with van der Waals surface area (Å²) in [6, 6.07) is 8.07.